The molecule has 2 unspecified atom stereocenters. The van der Waals surface area contributed by atoms with Crippen LogP contribution in [0.15, 0.2) is 0 Å². The van der Waals surface area contributed by atoms with Crippen molar-refractivity contribution in [3.05, 3.63) is 0 Å². The Labute approximate surface area is 162 Å². The number of rotatable bonds is 2. The summed E-state index contributed by atoms with van der Waals surface area (Å²) in [6.07, 6.45) is 8.70. The Morgan fingerprint density at radius 1 is 1.11 bits per heavy atom. The highest BCUT2D eigenvalue weighted by molar-refractivity contribution is 5.88. The van der Waals surface area contributed by atoms with E-state index in [2.05, 4.69) is 20.8 Å². The molecule has 4 saturated carbocycles. The van der Waals surface area contributed by atoms with Crippen LogP contribution in [0.4, 0.5) is 0 Å². The van der Waals surface area contributed by atoms with E-state index in [-0.39, 0.29) is 34.4 Å². The van der Waals surface area contributed by atoms with Crippen LogP contribution in [0.3, 0.4) is 0 Å². The lowest BCUT2D eigenvalue weighted by Gasteiger charge is -2.59. The Kier molecular flexibility index (Phi) is 3.75. The SMILES string of the molecule is COC(=O)[C@@H](C)[C@H]1CC[C@H]2[C@@H]3CCC45OC4C(=O)CC[C@]5(C)[C@H]3CC[C@]12C. The molecule has 1 heterocycles. The minimum absolute atomic E-state index is 0.00415. The molecule has 5 fully saturated rings. The molecule has 0 aromatic carbocycles. The molecule has 0 amide bonds. The molecule has 4 heteroatoms. The smallest absolute Gasteiger partial charge is 0.308 e. The zero-order valence-corrected chi connectivity index (χ0v) is 17.3. The monoisotopic (exact) mass is 374 g/mol. The Hall–Kier alpha value is -0.900. The van der Waals surface area contributed by atoms with Crippen LogP contribution in [0, 0.1) is 40.4 Å². The lowest BCUT2D eigenvalue weighted by atomic mass is 9.44. The summed E-state index contributed by atoms with van der Waals surface area (Å²) in [5.74, 6) is 2.85. The summed E-state index contributed by atoms with van der Waals surface area (Å²) in [6, 6.07) is 0. The number of methoxy groups -OCH3 is 1. The fraction of sp³-hybridized carbons (Fsp3) is 0.913. The number of Topliss-reactive ketones (excluding diaryl/α,β-unsaturated/α-hetero) is 1. The van der Waals surface area contributed by atoms with Crippen molar-refractivity contribution in [2.24, 2.45) is 40.4 Å². The van der Waals surface area contributed by atoms with Gasteiger partial charge in [-0.25, -0.2) is 0 Å². The first kappa shape index (κ1) is 18.1. The molecular formula is C23H34O4. The van der Waals surface area contributed by atoms with E-state index < -0.39 is 0 Å². The number of hydrogen-bond acceptors (Lipinski definition) is 4. The van der Waals surface area contributed by atoms with Crippen LogP contribution in [0.2, 0.25) is 0 Å². The van der Waals surface area contributed by atoms with Crippen molar-refractivity contribution in [1.29, 1.82) is 0 Å². The molecule has 0 aromatic heterocycles. The predicted molar refractivity (Wildman–Crippen MR) is 101 cm³/mol. The van der Waals surface area contributed by atoms with Gasteiger partial charge in [0, 0.05) is 11.8 Å². The summed E-state index contributed by atoms with van der Waals surface area (Å²) in [7, 11) is 1.52. The van der Waals surface area contributed by atoms with E-state index in [9.17, 15) is 9.59 Å². The minimum atomic E-state index is -0.130. The summed E-state index contributed by atoms with van der Waals surface area (Å²) in [4.78, 5) is 24.5. The molecule has 27 heavy (non-hydrogen) atoms. The number of hydrogen-bond donors (Lipinski definition) is 0. The average Bonchev–Trinajstić information content (AvgIpc) is 3.31. The van der Waals surface area contributed by atoms with E-state index in [4.69, 9.17) is 9.47 Å². The number of ketones is 1. The zero-order chi connectivity index (χ0) is 19.2. The Morgan fingerprint density at radius 3 is 2.63 bits per heavy atom. The predicted octanol–water partition coefficient (Wildman–Crippen LogP) is 4.15. The van der Waals surface area contributed by atoms with Crippen molar-refractivity contribution >= 4 is 11.8 Å². The molecule has 9 atom stereocenters. The van der Waals surface area contributed by atoms with Gasteiger partial charge in [0.25, 0.3) is 0 Å². The second-order valence-electron chi connectivity index (χ2n) is 10.7. The lowest BCUT2D eigenvalue weighted by molar-refractivity contribution is -0.151. The third-order valence-corrected chi connectivity index (χ3v) is 10.2. The van der Waals surface area contributed by atoms with E-state index in [0.29, 0.717) is 30.0 Å². The van der Waals surface area contributed by atoms with E-state index in [1.54, 1.807) is 0 Å². The molecule has 0 bridgehead atoms. The Balaban J connectivity index is 1.43. The highest BCUT2D eigenvalue weighted by Gasteiger charge is 2.76. The Morgan fingerprint density at radius 2 is 1.89 bits per heavy atom. The van der Waals surface area contributed by atoms with Crippen molar-refractivity contribution in [1.82, 2.24) is 0 Å². The lowest BCUT2D eigenvalue weighted by Crippen LogP contribution is -2.58. The molecule has 5 aliphatic rings. The van der Waals surface area contributed by atoms with E-state index >= 15 is 0 Å². The molecule has 1 saturated heterocycles. The third kappa shape index (κ3) is 2.09. The van der Waals surface area contributed by atoms with Crippen molar-refractivity contribution in [2.75, 3.05) is 7.11 Å². The summed E-state index contributed by atoms with van der Waals surface area (Å²) >= 11 is 0. The fourth-order valence-corrected chi connectivity index (χ4v) is 8.71. The van der Waals surface area contributed by atoms with Gasteiger partial charge in [0.05, 0.1) is 13.0 Å². The Bertz CT molecular complexity index is 688. The highest BCUT2D eigenvalue weighted by atomic mass is 16.6. The van der Waals surface area contributed by atoms with Gasteiger partial charge in [-0.15, -0.1) is 0 Å². The van der Waals surface area contributed by atoms with Crippen molar-refractivity contribution in [3.8, 4) is 0 Å². The standard InChI is InChI=1S/C23H34O4/c1-13(20(25)26-4)15-5-6-16-14-7-12-23-19(27-23)18(24)9-11-22(23,3)17(14)8-10-21(15,16)2/h13-17,19H,5-12H2,1-4H3/t13-,14-,15+,16-,17-,19?,21+,22+,23?/m0/s1. The van der Waals surface area contributed by atoms with Crippen LogP contribution in [-0.2, 0) is 19.1 Å². The number of fused-ring (bicyclic) bond motifs is 4. The molecular weight excluding hydrogens is 340 g/mol. The van der Waals surface area contributed by atoms with Crippen molar-refractivity contribution in [2.45, 2.75) is 83.8 Å². The van der Waals surface area contributed by atoms with Gasteiger partial charge in [0.2, 0.25) is 0 Å². The maximum atomic E-state index is 12.3. The highest BCUT2D eigenvalue weighted by Crippen LogP contribution is 2.73. The van der Waals surface area contributed by atoms with Crippen LogP contribution < -0.4 is 0 Å². The van der Waals surface area contributed by atoms with Gasteiger partial charge in [-0.1, -0.05) is 20.8 Å². The number of ether oxygens (including phenoxy) is 2. The first-order chi connectivity index (χ1) is 12.8. The summed E-state index contributed by atoms with van der Waals surface area (Å²) < 4.78 is 11.2. The molecule has 1 aliphatic heterocycles. The van der Waals surface area contributed by atoms with Gasteiger partial charge < -0.3 is 9.47 Å². The molecule has 150 valence electrons. The van der Waals surface area contributed by atoms with Gasteiger partial charge >= 0.3 is 5.97 Å². The van der Waals surface area contributed by atoms with Crippen LogP contribution >= 0.6 is 0 Å². The van der Waals surface area contributed by atoms with E-state index in [0.717, 1.165) is 25.2 Å². The van der Waals surface area contributed by atoms with Crippen molar-refractivity contribution < 1.29 is 19.1 Å². The number of epoxide rings is 1. The summed E-state index contributed by atoms with van der Waals surface area (Å²) in [5, 5.41) is 0. The molecule has 5 rings (SSSR count). The number of carbonyl (C=O) groups excluding carboxylic acids is 2. The molecule has 0 aromatic rings. The largest absolute Gasteiger partial charge is 0.469 e. The van der Waals surface area contributed by atoms with Crippen LogP contribution in [0.1, 0.15) is 72.1 Å². The first-order valence-corrected chi connectivity index (χ1v) is 11.1. The zero-order valence-electron chi connectivity index (χ0n) is 17.3. The van der Waals surface area contributed by atoms with Crippen LogP contribution in [0.5, 0.6) is 0 Å². The minimum Gasteiger partial charge on any atom is -0.469 e. The maximum absolute atomic E-state index is 12.3. The second kappa shape index (κ2) is 5.58. The van der Waals surface area contributed by atoms with Gasteiger partial charge in [-0.2, -0.15) is 0 Å². The fourth-order valence-electron chi connectivity index (χ4n) is 8.71. The second-order valence-corrected chi connectivity index (χ2v) is 10.7. The maximum Gasteiger partial charge on any atom is 0.308 e. The van der Waals surface area contributed by atoms with Gasteiger partial charge in [0.15, 0.2) is 5.78 Å². The summed E-state index contributed by atoms with van der Waals surface area (Å²) in [5.41, 5.74) is 0.292. The normalized spacial score (nSPS) is 54.2. The topological polar surface area (TPSA) is 55.9 Å². The number of esters is 1. The van der Waals surface area contributed by atoms with Crippen molar-refractivity contribution in [3.63, 3.8) is 0 Å². The quantitative estimate of drug-likeness (QED) is 0.538. The van der Waals surface area contributed by atoms with E-state index in [1.165, 1.54) is 32.8 Å². The van der Waals surface area contributed by atoms with Gasteiger partial charge in [-0.05, 0) is 74.0 Å². The van der Waals surface area contributed by atoms with E-state index in [1.807, 2.05) is 0 Å². The van der Waals surface area contributed by atoms with Gasteiger partial charge in [0.1, 0.15) is 11.7 Å². The molecule has 4 aliphatic carbocycles. The third-order valence-electron chi connectivity index (χ3n) is 10.2. The molecule has 1 spiro atoms. The van der Waals surface area contributed by atoms with Gasteiger partial charge in [-0.3, -0.25) is 9.59 Å². The molecule has 0 N–H and O–H groups in total. The average molecular weight is 375 g/mol. The van der Waals surface area contributed by atoms with Crippen LogP contribution in [-0.4, -0.2) is 30.6 Å². The first-order valence-electron chi connectivity index (χ1n) is 11.1. The summed E-state index contributed by atoms with van der Waals surface area (Å²) in [6.45, 7) is 6.96. The number of carbonyl (C=O) groups is 2. The molecule has 0 radical (unpaired) electrons. The molecule has 4 nitrogen and oxygen atoms in total. The van der Waals surface area contributed by atoms with Crippen LogP contribution in [0.25, 0.3) is 0 Å².